The van der Waals surface area contributed by atoms with Gasteiger partial charge in [-0.3, -0.25) is 9.10 Å². The number of carbonyl (C=O) groups is 1. The van der Waals surface area contributed by atoms with Crippen molar-refractivity contribution in [2.45, 2.75) is 40.0 Å². The van der Waals surface area contributed by atoms with E-state index in [2.05, 4.69) is 5.32 Å². The molecule has 130 valence electrons. The van der Waals surface area contributed by atoms with Gasteiger partial charge in [0.05, 0.1) is 18.5 Å². The lowest BCUT2D eigenvalue weighted by Gasteiger charge is -2.30. The zero-order valence-electron chi connectivity index (χ0n) is 14.9. The molecule has 0 bridgehead atoms. The lowest BCUT2D eigenvalue weighted by molar-refractivity contribution is -0.123. The molecule has 0 saturated heterocycles. The molecular weight excluding hydrogens is 312 g/mol. The highest BCUT2D eigenvalue weighted by atomic mass is 32.2. The summed E-state index contributed by atoms with van der Waals surface area (Å²) in [5, 5.41) is 2.77. The molecule has 1 amide bonds. The highest BCUT2D eigenvalue weighted by Crippen LogP contribution is 2.32. The molecule has 0 aromatic heterocycles. The number of nitrogens with one attached hydrogen (secondary N) is 1. The third kappa shape index (κ3) is 5.53. The Hall–Kier alpha value is -1.56. The molecule has 0 saturated carbocycles. The second-order valence-corrected chi connectivity index (χ2v) is 8.95. The summed E-state index contributed by atoms with van der Waals surface area (Å²) in [4.78, 5) is 11.7. The summed E-state index contributed by atoms with van der Waals surface area (Å²) in [6, 6.07) is 7.49. The van der Waals surface area contributed by atoms with Crippen molar-refractivity contribution < 1.29 is 13.2 Å². The maximum Gasteiger partial charge on any atom is 0.232 e. The summed E-state index contributed by atoms with van der Waals surface area (Å²) < 4.78 is 25.8. The first kappa shape index (κ1) is 19.5. The van der Waals surface area contributed by atoms with Gasteiger partial charge in [0.15, 0.2) is 0 Å². The largest absolute Gasteiger partial charge is 0.354 e. The van der Waals surface area contributed by atoms with E-state index in [0.29, 0.717) is 5.69 Å². The number of rotatable bonds is 6. The summed E-state index contributed by atoms with van der Waals surface area (Å²) in [5.74, 6) is -0.203. The van der Waals surface area contributed by atoms with E-state index in [9.17, 15) is 13.2 Å². The van der Waals surface area contributed by atoms with Crippen molar-refractivity contribution >= 4 is 21.6 Å². The van der Waals surface area contributed by atoms with Gasteiger partial charge in [-0.25, -0.2) is 8.42 Å². The van der Waals surface area contributed by atoms with Crippen molar-refractivity contribution in [3.05, 3.63) is 29.8 Å². The van der Waals surface area contributed by atoms with E-state index in [-0.39, 0.29) is 30.3 Å². The Labute approximate surface area is 140 Å². The SMILES string of the molecule is CC(C)C(=O)NCCN(c1ccccc1C(C)(C)C)S(C)(=O)=O. The van der Waals surface area contributed by atoms with Gasteiger partial charge in [0.25, 0.3) is 0 Å². The van der Waals surface area contributed by atoms with E-state index in [4.69, 9.17) is 0 Å². The van der Waals surface area contributed by atoms with Crippen molar-refractivity contribution in [1.82, 2.24) is 5.32 Å². The zero-order valence-corrected chi connectivity index (χ0v) is 15.7. The van der Waals surface area contributed by atoms with E-state index in [1.54, 1.807) is 13.8 Å². The van der Waals surface area contributed by atoms with Crippen LogP contribution in [0.25, 0.3) is 0 Å². The van der Waals surface area contributed by atoms with Crippen molar-refractivity contribution in [1.29, 1.82) is 0 Å². The smallest absolute Gasteiger partial charge is 0.232 e. The molecule has 0 fully saturated rings. The Balaban J connectivity index is 3.09. The molecule has 0 atom stereocenters. The molecule has 1 rings (SSSR count). The van der Waals surface area contributed by atoms with Gasteiger partial charge in [0, 0.05) is 12.5 Å². The van der Waals surface area contributed by atoms with Crippen LogP contribution in [0.1, 0.15) is 40.2 Å². The van der Waals surface area contributed by atoms with Crippen LogP contribution in [0.2, 0.25) is 0 Å². The van der Waals surface area contributed by atoms with Crippen LogP contribution in [0.15, 0.2) is 24.3 Å². The quantitative estimate of drug-likeness (QED) is 0.865. The molecule has 0 radical (unpaired) electrons. The second kappa shape index (κ2) is 7.34. The minimum atomic E-state index is -3.44. The first-order chi connectivity index (χ1) is 10.4. The monoisotopic (exact) mass is 340 g/mol. The normalized spacial score (nSPS) is 12.3. The number of para-hydroxylation sites is 1. The molecule has 23 heavy (non-hydrogen) atoms. The molecule has 0 unspecified atom stereocenters. The Morgan fingerprint density at radius 2 is 1.78 bits per heavy atom. The number of hydrogen-bond acceptors (Lipinski definition) is 3. The molecule has 1 aromatic rings. The molecule has 1 aromatic carbocycles. The van der Waals surface area contributed by atoms with E-state index in [1.807, 2.05) is 45.0 Å². The van der Waals surface area contributed by atoms with Crippen LogP contribution in [0.3, 0.4) is 0 Å². The highest BCUT2D eigenvalue weighted by Gasteiger charge is 2.25. The van der Waals surface area contributed by atoms with Crippen molar-refractivity contribution in [2.75, 3.05) is 23.7 Å². The van der Waals surface area contributed by atoms with Gasteiger partial charge in [-0.15, -0.1) is 0 Å². The van der Waals surface area contributed by atoms with Crippen LogP contribution in [0, 0.1) is 5.92 Å². The maximum atomic E-state index is 12.2. The fourth-order valence-corrected chi connectivity index (χ4v) is 3.21. The van der Waals surface area contributed by atoms with Gasteiger partial charge < -0.3 is 5.32 Å². The van der Waals surface area contributed by atoms with Crippen molar-refractivity contribution in [3.63, 3.8) is 0 Å². The summed E-state index contributed by atoms with van der Waals surface area (Å²) in [7, 11) is -3.44. The fraction of sp³-hybridized carbons (Fsp3) is 0.588. The zero-order chi connectivity index (χ0) is 17.8. The number of amides is 1. The van der Waals surface area contributed by atoms with Gasteiger partial charge in [0.1, 0.15) is 0 Å². The average Bonchev–Trinajstić information content (AvgIpc) is 2.40. The second-order valence-electron chi connectivity index (χ2n) is 7.05. The van der Waals surface area contributed by atoms with Crippen LogP contribution < -0.4 is 9.62 Å². The molecule has 0 spiro atoms. The van der Waals surface area contributed by atoms with Crippen LogP contribution in [-0.4, -0.2) is 33.7 Å². The van der Waals surface area contributed by atoms with Crippen LogP contribution >= 0.6 is 0 Å². The van der Waals surface area contributed by atoms with Gasteiger partial charge in [-0.05, 0) is 17.0 Å². The number of anilines is 1. The number of benzene rings is 1. The molecule has 6 heteroatoms. The third-order valence-electron chi connectivity index (χ3n) is 3.52. The number of nitrogens with zero attached hydrogens (tertiary/aromatic N) is 1. The Morgan fingerprint density at radius 1 is 1.22 bits per heavy atom. The Kier molecular flexibility index (Phi) is 6.22. The lowest BCUT2D eigenvalue weighted by atomic mass is 9.86. The van der Waals surface area contributed by atoms with Crippen molar-refractivity contribution in [2.24, 2.45) is 5.92 Å². The summed E-state index contributed by atoms with van der Waals surface area (Å²) in [6.07, 6.45) is 1.19. The number of carbonyl (C=O) groups excluding carboxylic acids is 1. The van der Waals surface area contributed by atoms with Crippen LogP contribution in [-0.2, 0) is 20.2 Å². The standard InChI is InChI=1S/C17H28N2O3S/c1-13(2)16(20)18-11-12-19(23(6,21)22)15-10-8-7-9-14(15)17(3,4)5/h7-10,13H,11-12H2,1-6H3,(H,18,20). The van der Waals surface area contributed by atoms with E-state index in [1.165, 1.54) is 10.6 Å². The fourth-order valence-electron chi connectivity index (χ4n) is 2.28. The highest BCUT2D eigenvalue weighted by molar-refractivity contribution is 7.92. The Bertz CT molecular complexity index is 646. The summed E-state index contributed by atoms with van der Waals surface area (Å²) in [6.45, 7) is 10.2. The first-order valence-electron chi connectivity index (χ1n) is 7.79. The molecule has 5 nitrogen and oxygen atoms in total. The molecule has 1 N–H and O–H groups in total. The van der Waals surface area contributed by atoms with E-state index >= 15 is 0 Å². The molecule has 0 aliphatic carbocycles. The topological polar surface area (TPSA) is 66.5 Å². The summed E-state index contributed by atoms with van der Waals surface area (Å²) >= 11 is 0. The van der Waals surface area contributed by atoms with Gasteiger partial charge >= 0.3 is 0 Å². The summed E-state index contributed by atoms with van der Waals surface area (Å²) in [5.41, 5.74) is 1.45. The molecule has 0 aliphatic rings. The average molecular weight is 340 g/mol. The minimum absolute atomic E-state index is 0.0810. The molecular formula is C17H28N2O3S. The third-order valence-corrected chi connectivity index (χ3v) is 4.70. The van der Waals surface area contributed by atoms with Gasteiger partial charge in [0.2, 0.25) is 15.9 Å². The van der Waals surface area contributed by atoms with E-state index < -0.39 is 10.0 Å². The molecule has 0 aliphatic heterocycles. The maximum absolute atomic E-state index is 12.2. The number of hydrogen-bond donors (Lipinski definition) is 1. The Morgan fingerprint density at radius 3 is 2.26 bits per heavy atom. The van der Waals surface area contributed by atoms with Gasteiger partial charge in [-0.2, -0.15) is 0 Å². The van der Waals surface area contributed by atoms with Crippen LogP contribution in [0.5, 0.6) is 0 Å². The predicted octanol–water partition coefficient (Wildman–Crippen LogP) is 2.52. The van der Waals surface area contributed by atoms with Crippen molar-refractivity contribution in [3.8, 4) is 0 Å². The lowest BCUT2D eigenvalue weighted by Crippen LogP contribution is -2.40. The predicted molar refractivity (Wildman–Crippen MR) is 95.2 cm³/mol. The van der Waals surface area contributed by atoms with Crippen LogP contribution in [0.4, 0.5) is 5.69 Å². The number of sulfonamides is 1. The van der Waals surface area contributed by atoms with E-state index in [0.717, 1.165) is 5.56 Å². The minimum Gasteiger partial charge on any atom is -0.354 e. The van der Waals surface area contributed by atoms with Gasteiger partial charge in [-0.1, -0.05) is 52.8 Å². The first-order valence-corrected chi connectivity index (χ1v) is 9.64. The molecule has 0 heterocycles.